The zero-order chi connectivity index (χ0) is 13.8. The van der Waals surface area contributed by atoms with Gasteiger partial charge >= 0.3 is 5.97 Å². The first-order valence-corrected chi connectivity index (χ1v) is 6.71. The van der Waals surface area contributed by atoms with Crippen LogP contribution in [0.1, 0.15) is 28.9 Å². The lowest BCUT2D eigenvalue weighted by Gasteiger charge is -2.00. The van der Waals surface area contributed by atoms with Crippen molar-refractivity contribution < 1.29 is 9.53 Å². The lowest BCUT2D eigenvalue weighted by atomic mass is 10.1. The third kappa shape index (κ3) is 3.41. The molecule has 0 bridgehead atoms. The molecule has 19 heavy (non-hydrogen) atoms. The molecule has 6 heteroatoms. The van der Waals surface area contributed by atoms with E-state index in [1.54, 1.807) is 18.7 Å². The summed E-state index contributed by atoms with van der Waals surface area (Å²) in [6, 6.07) is 7.95. The summed E-state index contributed by atoms with van der Waals surface area (Å²) in [5, 5.41) is 4.06. The number of aryl methyl sites for hydroxylation is 1. The number of hydrogen-bond donors (Lipinski definition) is 0. The molecule has 0 N–H and O–H groups in total. The minimum Gasteiger partial charge on any atom is -0.460 e. The van der Waals surface area contributed by atoms with E-state index in [9.17, 15) is 4.79 Å². The van der Waals surface area contributed by atoms with Crippen molar-refractivity contribution in [3.63, 3.8) is 0 Å². The Balaban J connectivity index is 2.17. The Morgan fingerprint density at radius 1 is 1.37 bits per heavy atom. The van der Waals surface area contributed by atoms with Crippen molar-refractivity contribution in [2.75, 3.05) is 6.61 Å². The number of rotatable bonds is 4. The van der Waals surface area contributed by atoms with Crippen LogP contribution >= 0.6 is 15.9 Å². The van der Waals surface area contributed by atoms with Crippen LogP contribution in [0.4, 0.5) is 0 Å². The maximum atomic E-state index is 11.5. The molecular weight excluding hydrogens is 310 g/mol. The van der Waals surface area contributed by atoms with Crippen LogP contribution < -0.4 is 0 Å². The largest absolute Gasteiger partial charge is 0.460 e. The quantitative estimate of drug-likeness (QED) is 0.810. The molecule has 0 saturated carbocycles. The highest BCUT2D eigenvalue weighted by Crippen LogP contribution is 2.13. The SMILES string of the molecule is CCOC(=O)c1nc(Cc2ccc(Br)cc2)n(C)n1. The fourth-order valence-corrected chi connectivity index (χ4v) is 1.90. The van der Waals surface area contributed by atoms with Crippen molar-refractivity contribution in [2.45, 2.75) is 13.3 Å². The smallest absolute Gasteiger partial charge is 0.378 e. The summed E-state index contributed by atoms with van der Waals surface area (Å²) in [4.78, 5) is 15.8. The Kier molecular flexibility index (Phi) is 4.31. The third-order valence-electron chi connectivity index (χ3n) is 2.59. The predicted octanol–water partition coefficient (Wildman–Crippen LogP) is 2.35. The number of carbonyl (C=O) groups is 1. The van der Waals surface area contributed by atoms with Crippen molar-refractivity contribution >= 4 is 21.9 Å². The summed E-state index contributed by atoms with van der Waals surface area (Å²) in [5.41, 5.74) is 1.11. The number of benzene rings is 1. The van der Waals surface area contributed by atoms with Gasteiger partial charge in [-0.3, -0.25) is 4.68 Å². The summed E-state index contributed by atoms with van der Waals surface area (Å²) in [5.74, 6) is 0.349. The van der Waals surface area contributed by atoms with E-state index in [1.165, 1.54) is 0 Å². The summed E-state index contributed by atoms with van der Waals surface area (Å²) >= 11 is 3.39. The van der Waals surface area contributed by atoms with Gasteiger partial charge in [-0.1, -0.05) is 28.1 Å². The molecule has 0 aliphatic heterocycles. The maximum absolute atomic E-state index is 11.5. The van der Waals surface area contributed by atoms with Gasteiger partial charge in [0.25, 0.3) is 5.82 Å². The summed E-state index contributed by atoms with van der Waals surface area (Å²) in [6.07, 6.45) is 0.621. The molecule has 0 fully saturated rings. The lowest BCUT2D eigenvalue weighted by Crippen LogP contribution is -2.07. The second-order valence-corrected chi connectivity index (χ2v) is 4.91. The minimum atomic E-state index is -0.486. The van der Waals surface area contributed by atoms with Crippen LogP contribution in [0, 0.1) is 0 Å². The number of hydrogen-bond acceptors (Lipinski definition) is 4. The monoisotopic (exact) mass is 323 g/mol. The topological polar surface area (TPSA) is 57.0 Å². The lowest BCUT2D eigenvalue weighted by molar-refractivity contribution is 0.0512. The Labute approximate surface area is 119 Å². The second kappa shape index (κ2) is 5.97. The highest BCUT2D eigenvalue weighted by molar-refractivity contribution is 9.10. The molecule has 0 saturated heterocycles. The number of esters is 1. The van der Waals surface area contributed by atoms with E-state index in [0.29, 0.717) is 13.0 Å². The fourth-order valence-electron chi connectivity index (χ4n) is 1.64. The highest BCUT2D eigenvalue weighted by atomic mass is 79.9. The first-order chi connectivity index (χ1) is 9.10. The summed E-state index contributed by atoms with van der Waals surface area (Å²) in [6.45, 7) is 2.07. The molecule has 0 spiro atoms. The number of aromatic nitrogens is 3. The van der Waals surface area contributed by atoms with Crippen LogP contribution in [0.15, 0.2) is 28.7 Å². The Morgan fingerprint density at radius 2 is 2.05 bits per heavy atom. The van der Waals surface area contributed by atoms with E-state index in [2.05, 4.69) is 26.0 Å². The first-order valence-electron chi connectivity index (χ1n) is 5.91. The van der Waals surface area contributed by atoms with E-state index in [4.69, 9.17) is 4.74 Å². The predicted molar refractivity (Wildman–Crippen MR) is 73.9 cm³/mol. The van der Waals surface area contributed by atoms with Crippen LogP contribution in [0.5, 0.6) is 0 Å². The van der Waals surface area contributed by atoms with Gasteiger partial charge in [0, 0.05) is 17.9 Å². The molecule has 0 atom stereocenters. The van der Waals surface area contributed by atoms with Crippen molar-refractivity contribution in [3.05, 3.63) is 46.0 Å². The van der Waals surface area contributed by atoms with Gasteiger partial charge in [0.05, 0.1) is 6.61 Å². The summed E-state index contributed by atoms with van der Waals surface area (Å²) in [7, 11) is 1.77. The molecule has 1 heterocycles. The maximum Gasteiger partial charge on any atom is 0.378 e. The zero-order valence-corrected chi connectivity index (χ0v) is 12.3. The molecule has 0 aliphatic rings. The van der Waals surface area contributed by atoms with E-state index >= 15 is 0 Å². The van der Waals surface area contributed by atoms with Crippen molar-refractivity contribution in [3.8, 4) is 0 Å². The van der Waals surface area contributed by atoms with E-state index in [1.807, 2.05) is 24.3 Å². The van der Waals surface area contributed by atoms with Gasteiger partial charge in [0.2, 0.25) is 0 Å². The van der Waals surface area contributed by atoms with Crippen LogP contribution in [0.2, 0.25) is 0 Å². The van der Waals surface area contributed by atoms with Gasteiger partial charge in [-0.2, -0.15) is 0 Å². The molecule has 0 aliphatic carbocycles. The number of nitrogens with zero attached hydrogens (tertiary/aromatic N) is 3. The Morgan fingerprint density at radius 3 is 2.68 bits per heavy atom. The number of halogens is 1. The van der Waals surface area contributed by atoms with Crippen LogP contribution in [-0.2, 0) is 18.2 Å². The Hall–Kier alpha value is -1.69. The molecule has 0 unspecified atom stereocenters. The van der Waals surface area contributed by atoms with Crippen LogP contribution in [-0.4, -0.2) is 27.3 Å². The van der Waals surface area contributed by atoms with Crippen LogP contribution in [0.25, 0.3) is 0 Å². The van der Waals surface area contributed by atoms with Gasteiger partial charge in [0.15, 0.2) is 0 Å². The van der Waals surface area contributed by atoms with Crippen molar-refractivity contribution in [1.82, 2.24) is 14.8 Å². The first kappa shape index (κ1) is 13.7. The summed E-state index contributed by atoms with van der Waals surface area (Å²) < 4.78 is 7.51. The standard InChI is InChI=1S/C13H14BrN3O2/c1-3-19-13(18)12-15-11(17(2)16-12)8-9-4-6-10(14)7-5-9/h4-7H,3,8H2,1-2H3. The molecule has 0 radical (unpaired) electrons. The molecule has 0 amide bonds. The molecule has 2 aromatic rings. The second-order valence-electron chi connectivity index (χ2n) is 4.00. The molecule has 1 aromatic heterocycles. The van der Waals surface area contributed by atoms with Crippen molar-refractivity contribution in [1.29, 1.82) is 0 Å². The highest BCUT2D eigenvalue weighted by Gasteiger charge is 2.15. The van der Waals surface area contributed by atoms with Gasteiger partial charge in [-0.25, -0.2) is 9.78 Å². The van der Waals surface area contributed by atoms with Crippen molar-refractivity contribution in [2.24, 2.45) is 7.05 Å². The average molecular weight is 324 g/mol. The molecule has 2 rings (SSSR count). The molecule has 1 aromatic carbocycles. The average Bonchev–Trinajstić information content (AvgIpc) is 2.74. The molecule has 5 nitrogen and oxygen atoms in total. The molecule has 100 valence electrons. The van der Waals surface area contributed by atoms with Gasteiger partial charge in [-0.15, -0.1) is 5.10 Å². The molecular formula is C13H14BrN3O2. The van der Waals surface area contributed by atoms with Gasteiger partial charge in [0.1, 0.15) is 5.82 Å². The Bertz CT molecular complexity index is 578. The van der Waals surface area contributed by atoms with Crippen LogP contribution in [0.3, 0.4) is 0 Å². The fraction of sp³-hybridized carbons (Fsp3) is 0.308. The zero-order valence-electron chi connectivity index (χ0n) is 10.8. The number of carbonyl (C=O) groups excluding carboxylic acids is 1. The van der Waals surface area contributed by atoms with E-state index < -0.39 is 5.97 Å². The minimum absolute atomic E-state index is 0.108. The van der Waals surface area contributed by atoms with Gasteiger partial charge in [-0.05, 0) is 24.6 Å². The normalized spacial score (nSPS) is 10.5. The number of ether oxygens (including phenoxy) is 1. The van der Waals surface area contributed by atoms with Gasteiger partial charge < -0.3 is 4.74 Å². The third-order valence-corrected chi connectivity index (χ3v) is 3.12. The van der Waals surface area contributed by atoms with E-state index in [0.717, 1.165) is 15.9 Å². The van der Waals surface area contributed by atoms with E-state index in [-0.39, 0.29) is 5.82 Å².